The van der Waals surface area contributed by atoms with E-state index in [1.165, 1.54) is 12.0 Å². The Labute approximate surface area is 195 Å². The molecule has 3 heterocycles. The second-order valence-corrected chi connectivity index (χ2v) is 9.13. The summed E-state index contributed by atoms with van der Waals surface area (Å²) in [6, 6.07) is 13.4. The molecule has 2 atom stereocenters. The highest BCUT2D eigenvalue weighted by Gasteiger charge is 2.27. The first-order chi connectivity index (χ1) is 16.1. The first-order valence-corrected chi connectivity index (χ1v) is 12.1. The van der Waals surface area contributed by atoms with E-state index in [1.807, 2.05) is 18.2 Å². The van der Waals surface area contributed by atoms with Gasteiger partial charge in [-0.05, 0) is 68.8 Å². The van der Waals surface area contributed by atoms with Crippen LogP contribution in [0.2, 0.25) is 0 Å². The van der Waals surface area contributed by atoms with E-state index in [1.54, 1.807) is 12.1 Å². The Hall–Kier alpha value is -2.93. The molecule has 0 spiro atoms. The predicted molar refractivity (Wildman–Crippen MR) is 128 cm³/mol. The van der Waals surface area contributed by atoms with Gasteiger partial charge in [-0.1, -0.05) is 36.4 Å². The summed E-state index contributed by atoms with van der Waals surface area (Å²) < 4.78 is 0. The molecule has 2 unspecified atom stereocenters. The average molecular weight is 451 g/mol. The molecule has 1 aromatic heterocycles. The van der Waals surface area contributed by atoms with Gasteiger partial charge in [0.1, 0.15) is 5.82 Å². The normalized spacial score (nSPS) is 19.2. The minimum Gasteiger partial charge on any atom is -0.481 e. The van der Waals surface area contributed by atoms with Crippen LogP contribution in [0.3, 0.4) is 0 Å². The molecule has 0 bridgehead atoms. The topological polar surface area (TPSA) is 94.6 Å². The third-order valence-corrected chi connectivity index (χ3v) is 6.72. The number of fused-ring (bicyclic) bond motifs is 1. The Kier molecular flexibility index (Phi) is 7.94. The van der Waals surface area contributed by atoms with Crippen molar-refractivity contribution in [2.75, 3.05) is 38.0 Å². The van der Waals surface area contributed by atoms with Crippen molar-refractivity contribution < 1.29 is 14.7 Å². The molecule has 33 heavy (non-hydrogen) atoms. The highest BCUT2D eigenvalue weighted by atomic mass is 16.4. The third kappa shape index (κ3) is 6.32. The summed E-state index contributed by atoms with van der Waals surface area (Å²) in [5, 5.41) is 15.9. The minimum absolute atomic E-state index is 0.0377. The Morgan fingerprint density at radius 2 is 2.03 bits per heavy atom. The van der Waals surface area contributed by atoms with Crippen LogP contribution in [-0.4, -0.2) is 59.6 Å². The fraction of sp³-hybridized carbons (Fsp3) is 0.500. The number of anilines is 1. The number of rotatable bonds is 9. The molecule has 7 nitrogen and oxygen atoms in total. The molecule has 0 saturated carbocycles. The lowest BCUT2D eigenvalue weighted by Crippen LogP contribution is -2.44. The maximum atomic E-state index is 12.8. The number of carboxylic acid groups (broad SMARTS) is 1. The maximum absolute atomic E-state index is 12.8. The highest BCUT2D eigenvalue weighted by Crippen LogP contribution is 2.21. The summed E-state index contributed by atoms with van der Waals surface area (Å²) in [4.78, 5) is 31.6. The maximum Gasteiger partial charge on any atom is 0.312 e. The molecule has 2 aromatic rings. The number of pyridine rings is 1. The SMILES string of the molecule is O=C(NCC(C(=O)O)c1ccccc1)C1CCCN(CCCc2ccc3c(n2)NCCC3)C1. The minimum atomic E-state index is -0.919. The number of aryl methyl sites for hydroxylation is 2. The molecule has 0 aliphatic carbocycles. The van der Waals surface area contributed by atoms with Crippen LogP contribution in [0, 0.1) is 5.92 Å². The van der Waals surface area contributed by atoms with Gasteiger partial charge in [0.25, 0.3) is 0 Å². The van der Waals surface area contributed by atoms with Gasteiger partial charge >= 0.3 is 5.97 Å². The number of hydrogen-bond donors (Lipinski definition) is 3. The number of nitrogens with zero attached hydrogens (tertiary/aromatic N) is 2. The molecule has 3 N–H and O–H groups in total. The number of amides is 1. The Balaban J connectivity index is 1.23. The number of carbonyl (C=O) groups excluding carboxylic acids is 1. The molecular weight excluding hydrogens is 416 g/mol. The Morgan fingerprint density at radius 1 is 1.18 bits per heavy atom. The monoisotopic (exact) mass is 450 g/mol. The van der Waals surface area contributed by atoms with Gasteiger partial charge in [0.05, 0.1) is 11.8 Å². The van der Waals surface area contributed by atoms with E-state index >= 15 is 0 Å². The molecule has 1 aromatic carbocycles. The largest absolute Gasteiger partial charge is 0.481 e. The van der Waals surface area contributed by atoms with Crippen LogP contribution in [0.4, 0.5) is 5.82 Å². The van der Waals surface area contributed by atoms with Gasteiger partial charge in [-0.25, -0.2) is 4.98 Å². The van der Waals surface area contributed by atoms with Gasteiger partial charge < -0.3 is 20.6 Å². The lowest BCUT2D eigenvalue weighted by Gasteiger charge is -2.32. The number of carbonyl (C=O) groups is 2. The molecule has 0 radical (unpaired) electrons. The van der Waals surface area contributed by atoms with Gasteiger partial charge in [0, 0.05) is 25.3 Å². The van der Waals surface area contributed by atoms with E-state index < -0.39 is 11.9 Å². The highest BCUT2D eigenvalue weighted by molar-refractivity contribution is 5.81. The van der Waals surface area contributed by atoms with Crippen molar-refractivity contribution in [3.8, 4) is 0 Å². The molecule has 1 saturated heterocycles. The van der Waals surface area contributed by atoms with Crippen LogP contribution in [0.25, 0.3) is 0 Å². The number of nitrogens with one attached hydrogen (secondary N) is 2. The molecule has 7 heteroatoms. The van der Waals surface area contributed by atoms with Crippen molar-refractivity contribution in [3.05, 3.63) is 59.3 Å². The lowest BCUT2D eigenvalue weighted by atomic mass is 9.95. The van der Waals surface area contributed by atoms with Crippen LogP contribution in [0.5, 0.6) is 0 Å². The van der Waals surface area contributed by atoms with Gasteiger partial charge in [0.15, 0.2) is 0 Å². The fourth-order valence-electron chi connectivity index (χ4n) is 4.84. The number of aromatic nitrogens is 1. The van der Waals surface area contributed by atoms with Crippen LogP contribution in [-0.2, 0) is 22.4 Å². The first-order valence-electron chi connectivity index (χ1n) is 12.1. The van der Waals surface area contributed by atoms with Gasteiger partial charge in [-0.15, -0.1) is 0 Å². The van der Waals surface area contributed by atoms with E-state index in [2.05, 4.69) is 27.7 Å². The number of aliphatic carboxylic acids is 1. The van der Waals surface area contributed by atoms with Crippen LogP contribution < -0.4 is 10.6 Å². The Bertz CT molecular complexity index is 950. The smallest absolute Gasteiger partial charge is 0.312 e. The van der Waals surface area contributed by atoms with Crippen molar-refractivity contribution in [1.82, 2.24) is 15.2 Å². The van der Waals surface area contributed by atoms with E-state index in [-0.39, 0.29) is 18.4 Å². The van der Waals surface area contributed by atoms with E-state index in [0.717, 1.165) is 69.8 Å². The second-order valence-electron chi connectivity index (χ2n) is 9.13. The van der Waals surface area contributed by atoms with E-state index in [0.29, 0.717) is 5.56 Å². The molecular formula is C26H34N4O3. The zero-order chi connectivity index (χ0) is 23.0. The summed E-state index contributed by atoms with van der Waals surface area (Å²) in [5.41, 5.74) is 3.14. The predicted octanol–water partition coefficient (Wildman–Crippen LogP) is 3.07. The fourth-order valence-corrected chi connectivity index (χ4v) is 4.84. The van der Waals surface area contributed by atoms with Crippen LogP contribution in [0.15, 0.2) is 42.5 Å². The molecule has 4 rings (SSSR count). The number of carboxylic acids is 1. The zero-order valence-electron chi connectivity index (χ0n) is 19.1. The van der Waals surface area contributed by atoms with E-state index in [9.17, 15) is 14.7 Å². The average Bonchev–Trinajstić information content (AvgIpc) is 2.84. The standard InChI is InChI=1S/C26H34N4O3/c31-25(28-17-23(26(32)33)19-7-2-1-3-8-19)21-10-5-15-30(18-21)16-6-11-22-13-12-20-9-4-14-27-24(20)29-22/h1-3,7-8,12-13,21,23H,4-6,9-11,14-18H2,(H,27,29)(H,28,31)(H,32,33). The summed E-state index contributed by atoms with van der Waals surface area (Å²) in [5.74, 6) is -0.728. The van der Waals surface area contributed by atoms with Crippen molar-refractivity contribution >= 4 is 17.7 Å². The van der Waals surface area contributed by atoms with Crippen molar-refractivity contribution in [3.63, 3.8) is 0 Å². The molecule has 1 fully saturated rings. The first kappa shape index (κ1) is 23.2. The van der Waals surface area contributed by atoms with Crippen molar-refractivity contribution in [1.29, 1.82) is 0 Å². The van der Waals surface area contributed by atoms with Crippen molar-refractivity contribution in [2.24, 2.45) is 5.92 Å². The molecule has 2 aliphatic heterocycles. The quantitative estimate of drug-likeness (QED) is 0.544. The number of benzene rings is 1. The van der Waals surface area contributed by atoms with Gasteiger partial charge in [-0.3, -0.25) is 9.59 Å². The van der Waals surface area contributed by atoms with Gasteiger partial charge in [-0.2, -0.15) is 0 Å². The van der Waals surface area contributed by atoms with Crippen molar-refractivity contribution in [2.45, 2.75) is 44.4 Å². The third-order valence-electron chi connectivity index (χ3n) is 6.72. The summed E-state index contributed by atoms with van der Waals surface area (Å²) in [6.07, 6.45) is 6.05. The van der Waals surface area contributed by atoms with Crippen LogP contribution in [0.1, 0.15) is 48.4 Å². The number of piperidine rings is 1. The Morgan fingerprint density at radius 3 is 2.85 bits per heavy atom. The van der Waals surface area contributed by atoms with Crippen LogP contribution >= 0.6 is 0 Å². The molecule has 176 valence electrons. The number of likely N-dealkylation sites (tertiary alicyclic amines) is 1. The number of hydrogen-bond acceptors (Lipinski definition) is 5. The summed E-state index contributed by atoms with van der Waals surface area (Å²) >= 11 is 0. The lowest BCUT2D eigenvalue weighted by molar-refractivity contribution is -0.138. The molecule has 2 aliphatic rings. The summed E-state index contributed by atoms with van der Waals surface area (Å²) in [7, 11) is 0. The van der Waals surface area contributed by atoms with E-state index in [4.69, 9.17) is 4.98 Å². The molecule has 1 amide bonds. The zero-order valence-corrected chi connectivity index (χ0v) is 19.1. The summed E-state index contributed by atoms with van der Waals surface area (Å²) in [6.45, 7) is 3.79. The van der Waals surface area contributed by atoms with Gasteiger partial charge in [0.2, 0.25) is 5.91 Å². The second kappa shape index (κ2) is 11.3.